The number of benzene rings is 1. The summed E-state index contributed by atoms with van der Waals surface area (Å²) in [5, 5.41) is 11.4. The first-order valence-corrected chi connectivity index (χ1v) is 12.6. The number of aromatic nitrogens is 5. The SMILES string of the molecule is O=C(NC1CC1)c1ccc(/C=C/C(=O)N2CCC(Cc3noc(-c4cnc5cccnn45)n3)CC2)cc1. The van der Waals surface area contributed by atoms with Crippen LogP contribution in [0.1, 0.15) is 47.4 Å². The van der Waals surface area contributed by atoms with E-state index in [0.717, 1.165) is 36.9 Å². The Hall–Kier alpha value is -4.34. The van der Waals surface area contributed by atoms with Gasteiger partial charge < -0.3 is 14.7 Å². The van der Waals surface area contributed by atoms with Crippen molar-refractivity contribution in [3.05, 3.63) is 71.8 Å². The standard InChI is InChI=1S/C27H27N7O3/c35-25(10-5-18-3-6-20(7-4-18)26(36)30-21-8-9-21)33-14-11-19(12-15-33)16-23-31-27(37-32-23)22-17-28-24-2-1-13-29-34(22)24/h1-7,10,13,17,19,21H,8-9,11-12,14-16H2,(H,30,36)/b10-5+. The van der Waals surface area contributed by atoms with E-state index in [1.54, 1.807) is 41.2 Å². The van der Waals surface area contributed by atoms with Crippen molar-refractivity contribution in [2.45, 2.75) is 38.1 Å². The van der Waals surface area contributed by atoms with Gasteiger partial charge in [-0.05, 0) is 67.5 Å². The molecule has 1 saturated carbocycles. The molecule has 2 amide bonds. The van der Waals surface area contributed by atoms with Crippen LogP contribution in [0.2, 0.25) is 0 Å². The molecule has 37 heavy (non-hydrogen) atoms. The van der Waals surface area contributed by atoms with E-state index in [1.807, 2.05) is 29.2 Å². The minimum atomic E-state index is -0.0404. The number of piperidine rings is 1. The molecule has 10 heteroatoms. The molecule has 0 atom stereocenters. The lowest BCUT2D eigenvalue weighted by Crippen LogP contribution is -2.38. The van der Waals surface area contributed by atoms with Gasteiger partial charge in [-0.2, -0.15) is 10.1 Å². The van der Waals surface area contributed by atoms with E-state index in [-0.39, 0.29) is 11.8 Å². The van der Waals surface area contributed by atoms with Crippen molar-refractivity contribution < 1.29 is 14.1 Å². The summed E-state index contributed by atoms with van der Waals surface area (Å²) >= 11 is 0. The highest BCUT2D eigenvalue weighted by Gasteiger charge is 2.25. The fourth-order valence-electron chi connectivity index (χ4n) is 4.55. The summed E-state index contributed by atoms with van der Waals surface area (Å²) in [6, 6.07) is 11.3. The lowest BCUT2D eigenvalue weighted by atomic mass is 9.93. The minimum absolute atomic E-state index is 0.00374. The van der Waals surface area contributed by atoms with Gasteiger partial charge >= 0.3 is 0 Å². The van der Waals surface area contributed by atoms with E-state index in [4.69, 9.17) is 4.52 Å². The van der Waals surface area contributed by atoms with Gasteiger partial charge in [-0.15, -0.1) is 0 Å². The maximum atomic E-state index is 12.7. The number of nitrogens with zero attached hydrogens (tertiary/aromatic N) is 6. The van der Waals surface area contributed by atoms with Gasteiger partial charge in [-0.25, -0.2) is 9.50 Å². The Labute approximate surface area is 213 Å². The molecular weight excluding hydrogens is 470 g/mol. The first kappa shape index (κ1) is 23.1. The Morgan fingerprint density at radius 2 is 1.89 bits per heavy atom. The van der Waals surface area contributed by atoms with Gasteiger partial charge in [0, 0.05) is 43.4 Å². The zero-order valence-corrected chi connectivity index (χ0v) is 20.3. The van der Waals surface area contributed by atoms with Crippen molar-refractivity contribution in [2.75, 3.05) is 13.1 Å². The van der Waals surface area contributed by atoms with Crippen molar-refractivity contribution in [3.63, 3.8) is 0 Å². The number of hydrogen-bond acceptors (Lipinski definition) is 7. The molecule has 3 aromatic heterocycles. The second-order valence-electron chi connectivity index (χ2n) is 9.63. The van der Waals surface area contributed by atoms with Crippen LogP contribution >= 0.6 is 0 Å². The van der Waals surface area contributed by atoms with Gasteiger partial charge in [-0.1, -0.05) is 17.3 Å². The number of imidazole rings is 1. The maximum Gasteiger partial charge on any atom is 0.278 e. The van der Waals surface area contributed by atoms with E-state index >= 15 is 0 Å². The number of carbonyl (C=O) groups excluding carboxylic acids is 2. The number of hydrogen-bond donors (Lipinski definition) is 1. The molecule has 1 aromatic carbocycles. The van der Waals surface area contributed by atoms with Crippen LogP contribution in [0.5, 0.6) is 0 Å². The highest BCUT2D eigenvalue weighted by Crippen LogP contribution is 2.24. The van der Waals surface area contributed by atoms with E-state index in [9.17, 15) is 9.59 Å². The third-order valence-corrected chi connectivity index (χ3v) is 6.87. The largest absolute Gasteiger partial charge is 0.349 e. The molecule has 0 spiro atoms. The van der Waals surface area contributed by atoms with Gasteiger partial charge in [-0.3, -0.25) is 9.59 Å². The van der Waals surface area contributed by atoms with Crippen LogP contribution in [-0.4, -0.2) is 60.6 Å². The second kappa shape index (κ2) is 9.96. The van der Waals surface area contributed by atoms with Crippen molar-refractivity contribution in [3.8, 4) is 11.6 Å². The van der Waals surface area contributed by atoms with E-state index in [0.29, 0.717) is 54.4 Å². The first-order valence-electron chi connectivity index (χ1n) is 12.6. The van der Waals surface area contributed by atoms with Crippen LogP contribution in [0.3, 0.4) is 0 Å². The second-order valence-corrected chi connectivity index (χ2v) is 9.63. The Morgan fingerprint density at radius 1 is 1.08 bits per heavy atom. The Morgan fingerprint density at radius 3 is 2.68 bits per heavy atom. The fraction of sp³-hybridized carbons (Fsp3) is 0.333. The predicted molar refractivity (Wildman–Crippen MR) is 135 cm³/mol. The summed E-state index contributed by atoms with van der Waals surface area (Å²) in [4.78, 5) is 35.6. The van der Waals surface area contributed by atoms with E-state index < -0.39 is 0 Å². The predicted octanol–water partition coefficient (Wildman–Crippen LogP) is 3.17. The molecular formula is C27H27N7O3. The highest BCUT2D eigenvalue weighted by atomic mass is 16.5. The van der Waals surface area contributed by atoms with Gasteiger partial charge in [0.05, 0.1) is 6.20 Å². The van der Waals surface area contributed by atoms with Crippen molar-refractivity contribution in [2.24, 2.45) is 5.92 Å². The molecule has 6 rings (SSSR count). The number of likely N-dealkylation sites (tertiary alicyclic amines) is 1. The monoisotopic (exact) mass is 497 g/mol. The number of carbonyl (C=O) groups is 2. The average molecular weight is 498 g/mol. The van der Waals surface area contributed by atoms with Gasteiger partial charge in [0.1, 0.15) is 0 Å². The summed E-state index contributed by atoms with van der Waals surface area (Å²) in [7, 11) is 0. The quantitative estimate of drug-likeness (QED) is 0.390. The zero-order chi connectivity index (χ0) is 25.2. The van der Waals surface area contributed by atoms with Crippen LogP contribution in [0.25, 0.3) is 23.3 Å². The number of rotatable bonds is 7. The molecule has 0 unspecified atom stereocenters. The van der Waals surface area contributed by atoms with E-state index in [1.165, 1.54) is 0 Å². The Kier molecular flexibility index (Phi) is 6.21. The van der Waals surface area contributed by atoms with Gasteiger partial charge in [0.25, 0.3) is 11.8 Å². The lowest BCUT2D eigenvalue weighted by molar-refractivity contribution is -0.127. The summed E-state index contributed by atoms with van der Waals surface area (Å²) in [6.45, 7) is 1.38. The van der Waals surface area contributed by atoms with E-state index in [2.05, 4.69) is 25.5 Å². The smallest absolute Gasteiger partial charge is 0.278 e. The Balaban J connectivity index is 0.995. The molecule has 2 fully saturated rings. The summed E-state index contributed by atoms with van der Waals surface area (Å²) < 4.78 is 7.15. The van der Waals surface area contributed by atoms with Crippen LogP contribution < -0.4 is 5.32 Å². The zero-order valence-electron chi connectivity index (χ0n) is 20.3. The summed E-state index contributed by atoms with van der Waals surface area (Å²) in [5.74, 6) is 1.39. The normalized spacial score (nSPS) is 16.5. The molecule has 2 aliphatic rings. The third-order valence-electron chi connectivity index (χ3n) is 6.87. The van der Waals surface area contributed by atoms with Crippen molar-refractivity contribution in [1.82, 2.24) is 35.0 Å². The van der Waals surface area contributed by atoms with Crippen LogP contribution in [0.4, 0.5) is 0 Å². The minimum Gasteiger partial charge on any atom is -0.349 e. The summed E-state index contributed by atoms with van der Waals surface area (Å²) in [5.41, 5.74) is 2.91. The number of nitrogens with one attached hydrogen (secondary N) is 1. The average Bonchev–Trinajstić information content (AvgIpc) is 3.45. The maximum absolute atomic E-state index is 12.7. The van der Waals surface area contributed by atoms with Crippen molar-refractivity contribution in [1.29, 1.82) is 0 Å². The lowest BCUT2D eigenvalue weighted by Gasteiger charge is -2.30. The topological polar surface area (TPSA) is 119 Å². The van der Waals surface area contributed by atoms with Crippen LogP contribution in [0, 0.1) is 5.92 Å². The van der Waals surface area contributed by atoms with Crippen molar-refractivity contribution >= 4 is 23.5 Å². The number of amides is 2. The number of fused-ring (bicyclic) bond motifs is 1. The molecule has 1 N–H and O–H groups in total. The third kappa shape index (κ3) is 5.28. The molecule has 188 valence electrons. The molecule has 4 aromatic rings. The first-order chi connectivity index (χ1) is 18.1. The molecule has 0 radical (unpaired) electrons. The fourth-order valence-corrected chi connectivity index (χ4v) is 4.55. The van der Waals surface area contributed by atoms with Gasteiger partial charge in [0.2, 0.25) is 5.91 Å². The highest BCUT2D eigenvalue weighted by molar-refractivity contribution is 5.95. The Bertz CT molecular complexity index is 1440. The van der Waals surface area contributed by atoms with Crippen LogP contribution in [-0.2, 0) is 11.2 Å². The molecule has 1 saturated heterocycles. The summed E-state index contributed by atoms with van der Waals surface area (Å²) in [6.07, 6.45) is 11.4. The molecule has 10 nitrogen and oxygen atoms in total. The molecule has 0 bridgehead atoms. The molecule has 4 heterocycles. The molecule has 1 aliphatic heterocycles. The van der Waals surface area contributed by atoms with Gasteiger partial charge in [0.15, 0.2) is 17.2 Å². The molecule has 1 aliphatic carbocycles. The van der Waals surface area contributed by atoms with Crippen LogP contribution in [0.15, 0.2) is 59.4 Å².